The van der Waals surface area contributed by atoms with Gasteiger partial charge in [0.15, 0.2) is 5.82 Å². The molecule has 0 unspecified atom stereocenters. The summed E-state index contributed by atoms with van der Waals surface area (Å²) in [6.45, 7) is 2.25. The summed E-state index contributed by atoms with van der Waals surface area (Å²) in [5.41, 5.74) is 2.63. The van der Waals surface area contributed by atoms with E-state index in [0.717, 1.165) is 5.56 Å². The van der Waals surface area contributed by atoms with Gasteiger partial charge >= 0.3 is 6.03 Å². The van der Waals surface area contributed by atoms with Crippen LogP contribution in [0.2, 0.25) is 0 Å². The summed E-state index contributed by atoms with van der Waals surface area (Å²) in [5, 5.41) is 9.60. The van der Waals surface area contributed by atoms with Gasteiger partial charge in [0.05, 0.1) is 0 Å². The van der Waals surface area contributed by atoms with Crippen LogP contribution >= 0.6 is 0 Å². The third-order valence-corrected chi connectivity index (χ3v) is 4.47. The molecule has 0 aliphatic carbocycles. The zero-order valence-electron chi connectivity index (χ0n) is 16.7. The summed E-state index contributed by atoms with van der Waals surface area (Å²) < 4.78 is 1.55. The Morgan fingerprint density at radius 3 is 2.84 bits per heavy atom. The lowest BCUT2D eigenvalue weighted by molar-refractivity contribution is 0.251. The van der Waals surface area contributed by atoms with Crippen LogP contribution in [-0.4, -0.2) is 35.7 Å². The first-order chi connectivity index (χ1) is 15.1. The summed E-state index contributed by atoms with van der Waals surface area (Å²) >= 11 is 0. The van der Waals surface area contributed by atoms with Crippen LogP contribution in [0, 0.1) is 0 Å². The number of aryl methyl sites for hydroxylation is 1. The number of aromatic nitrogens is 6. The van der Waals surface area contributed by atoms with E-state index in [1.807, 2.05) is 19.1 Å². The van der Waals surface area contributed by atoms with E-state index in [9.17, 15) is 9.59 Å². The molecule has 0 aliphatic rings. The second kappa shape index (κ2) is 8.99. The molecule has 4 rings (SSSR count). The topological polar surface area (TPSA) is 130 Å². The number of rotatable bonds is 6. The first-order valence-electron chi connectivity index (χ1n) is 9.66. The van der Waals surface area contributed by atoms with Crippen LogP contribution in [0.25, 0.3) is 17.2 Å². The predicted molar refractivity (Wildman–Crippen MR) is 115 cm³/mol. The number of nitrogens with zero attached hydrogens (tertiary/aromatic N) is 5. The molecule has 2 amide bonds. The summed E-state index contributed by atoms with van der Waals surface area (Å²) in [6, 6.07) is 11.9. The number of benzene rings is 1. The summed E-state index contributed by atoms with van der Waals surface area (Å²) in [7, 11) is 0. The summed E-state index contributed by atoms with van der Waals surface area (Å²) in [5.74, 6) is 1.10. The van der Waals surface area contributed by atoms with Crippen LogP contribution in [0.15, 0.2) is 66.1 Å². The number of hydrogen-bond donors (Lipinski definition) is 3. The smallest absolute Gasteiger partial charge is 0.319 e. The molecule has 1 aromatic carbocycles. The van der Waals surface area contributed by atoms with Crippen molar-refractivity contribution in [3.63, 3.8) is 0 Å². The van der Waals surface area contributed by atoms with Gasteiger partial charge < -0.3 is 15.6 Å². The van der Waals surface area contributed by atoms with Crippen molar-refractivity contribution in [3.05, 3.63) is 82.9 Å². The Bertz CT molecular complexity index is 1230. The van der Waals surface area contributed by atoms with Crippen molar-refractivity contribution in [2.75, 3.05) is 5.32 Å². The number of urea groups is 1. The van der Waals surface area contributed by atoms with Crippen molar-refractivity contribution in [1.82, 2.24) is 35.0 Å². The first-order valence-corrected chi connectivity index (χ1v) is 9.66. The third kappa shape index (κ3) is 4.99. The van der Waals surface area contributed by atoms with Gasteiger partial charge in [-0.3, -0.25) is 4.79 Å². The Kier molecular flexibility index (Phi) is 5.79. The number of anilines is 1. The summed E-state index contributed by atoms with van der Waals surface area (Å²) in [4.78, 5) is 39.5. The molecule has 0 radical (unpaired) electrons. The Balaban J connectivity index is 1.38. The van der Waals surface area contributed by atoms with Gasteiger partial charge in [-0.05, 0) is 30.2 Å². The maximum atomic E-state index is 12.3. The van der Waals surface area contributed by atoms with Crippen LogP contribution in [0.4, 0.5) is 10.5 Å². The molecular weight excluding hydrogens is 396 g/mol. The first kappa shape index (κ1) is 20.0. The van der Waals surface area contributed by atoms with Crippen LogP contribution in [0.5, 0.6) is 0 Å². The van der Waals surface area contributed by atoms with E-state index < -0.39 is 0 Å². The minimum atomic E-state index is -0.360. The molecule has 0 spiro atoms. The van der Waals surface area contributed by atoms with Crippen LogP contribution in [0.1, 0.15) is 18.2 Å². The minimum absolute atomic E-state index is 0.207. The van der Waals surface area contributed by atoms with Crippen LogP contribution < -0.4 is 16.2 Å². The van der Waals surface area contributed by atoms with Gasteiger partial charge in [-0.25, -0.2) is 24.4 Å². The second-order valence-corrected chi connectivity index (χ2v) is 6.69. The van der Waals surface area contributed by atoms with E-state index >= 15 is 0 Å². The van der Waals surface area contributed by atoms with Crippen molar-refractivity contribution >= 4 is 11.7 Å². The monoisotopic (exact) mass is 416 g/mol. The average molecular weight is 416 g/mol. The van der Waals surface area contributed by atoms with Crippen molar-refractivity contribution in [2.45, 2.75) is 19.9 Å². The fourth-order valence-corrected chi connectivity index (χ4v) is 2.91. The van der Waals surface area contributed by atoms with Gasteiger partial charge in [-0.2, -0.15) is 5.10 Å². The SMILES string of the molecule is CCc1cc(=O)[nH]c(-c2cccc(NC(=O)NCc3ccc(-n4cncn4)nc3)c2)n1. The molecule has 3 aromatic heterocycles. The van der Waals surface area contributed by atoms with Gasteiger partial charge in [0.25, 0.3) is 5.56 Å². The van der Waals surface area contributed by atoms with Crippen molar-refractivity contribution in [2.24, 2.45) is 0 Å². The second-order valence-electron chi connectivity index (χ2n) is 6.69. The van der Waals surface area contributed by atoms with Crippen molar-refractivity contribution in [3.8, 4) is 17.2 Å². The highest BCUT2D eigenvalue weighted by molar-refractivity contribution is 5.89. The normalized spacial score (nSPS) is 10.6. The van der Waals surface area contributed by atoms with Crippen LogP contribution in [-0.2, 0) is 13.0 Å². The van der Waals surface area contributed by atoms with E-state index in [4.69, 9.17) is 0 Å². The van der Waals surface area contributed by atoms with E-state index in [1.165, 1.54) is 12.4 Å². The molecule has 4 aromatic rings. The Hall–Kier alpha value is -4.34. The fraction of sp³-hybridized carbons (Fsp3) is 0.143. The van der Waals surface area contributed by atoms with Crippen molar-refractivity contribution < 1.29 is 4.79 Å². The molecule has 31 heavy (non-hydrogen) atoms. The Morgan fingerprint density at radius 1 is 1.19 bits per heavy atom. The number of carbonyl (C=O) groups is 1. The molecular formula is C21H20N8O2. The quantitative estimate of drug-likeness (QED) is 0.442. The lowest BCUT2D eigenvalue weighted by atomic mass is 10.2. The zero-order chi connectivity index (χ0) is 21.6. The highest BCUT2D eigenvalue weighted by Gasteiger charge is 2.07. The molecule has 10 nitrogen and oxygen atoms in total. The number of hydrogen-bond acceptors (Lipinski definition) is 6. The van der Waals surface area contributed by atoms with Gasteiger partial charge in [0, 0.05) is 35.8 Å². The number of H-pyrrole nitrogens is 1. The Morgan fingerprint density at radius 2 is 2.10 bits per heavy atom. The maximum Gasteiger partial charge on any atom is 0.319 e. The molecule has 0 aliphatic heterocycles. The number of carbonyl (C=O) groups excluding carboxylic acids is 1. The molecule has 156 valence electrons. The Labute approximate surface area is 177 Å². The lowest BCUT2D eigenvalue weighted by Gasteiger charge is -2.10. The van der Waals surface area contributed by atoms with Gasteiger partial charge in [-0.1, -0.05) is 25.1 Å². The zero-order valence-corrected chi connectivity index (χ0v) is 16.7. The number of amides is 2. The average Bonchev–Trinajstić information content (AvgIpc) is 3.33. The molecule has 3 heterocycles. The number of nitrogens with one attached hydrogen (secondary N) is 3. The third-order valence-electron chi connectivity index (χ3n) is 4.47. The number of aromatic amines is 1. The highest BCUT2D eigenvalue weighted by Crippen LogP contribution is 2.19. The maximum absolute atomic E-state index is 12.3. The summed E-state index contributed by atoms with van der Waals surface area (Å²) in [6.07, 6.45) is 5.32. The van der Waals surface area contributed by atoms with Gasteiger partial charge in [0.1, 0.15) is 18.5 Å². The standard InChI is InChI=1S/C21H20N8O2/c1-2-16-9-19(30)28-20(26-16)15-4-3-5-17(8-15)27-21(31)24-11-14-6-7-18(23-10-14)29-13-22-12-25-29/h3-10,12-13H,2,11H2,1H3,(H2,24,27,31)(H,26,28,30). The van der Waals surface area contributed by atoms with E-state index in [1.54, 1.807) is 41.5 Å². The van der Waals surface area contributed by atoms with Crippen molar-refractivity contribution in [1.29, 1.82) is 0 Å². The largest absolute Gasteiger partial charge is 0.334 e. The molecule has 0 saturated heterocycles. The van der Waals surface area contributed by atoms with E-state index in [0.29, 0.717) is 41.6 Å². The molecule has 0 saturated carbocycles. The molecule has 0 fully saturated rings. The van der Waals surface area contributed by atoms with Crippen LogP contribution in [0.3, 0.4) is 0 Å². The molecule has 10 heteroatoms. The predicted octanol–water partition coefficient (Wildman–Crippen LogP) is 2.30. The molecule has 0 bridgehead atoms. The lowest BCUT2D eigenvalue weighted by Crippen LogP contribution is -2.28. The van der Waals surface area contributed by atoms with E-state index in [2.05, 4.69) is 35.7 Å². The van der Waals surface area contributed by atoms with E-state index in [-0.39, 0.29) is 11.6 Å². The molecule has 3 N–H and O–H groups in total. The number of pyridine rings is 1. The fourth-order valence-electron chi connectivity index (χ4n) is 2.91. The van der Waals surface area contributed by atoms with Gasteiger partial charge in [0.2, 0.25) is 0 Å². The minimum Gasteiger partial charge on any atom is -0.334 e. The highest BCUT2D eigenvalue weighted by atomic mass is 16.2. The molecule has 0 atom stereocenters. The van der Waals surface area contributed by atoms with Gasteiger partial charge in [-0.15, -0.1) is 0 Å².